The van der Waals surface area contributed by atoms with Crippen molar-refractivity contribution in [1.29, 1.82) is 0 Å². The van der Waals surface area contributed by atoms with E-state index in [1.807, 2.05) is 6.07 Å². The monoisotopic (exact) mass is 625 g/mol. The van der Waals surface area contributed by atoms with Crippen molar-refractivity contribution in [2.45, 2.75) is 20.0 Å². The Labute approximate surface area is 255 Å². The number of sulfone groups is 2. The molecule has 1 atom stereocenters. The molecule has 0 aliphatic carbocycles. The van der Waals surface area contributed by atoms with Crippen LogP contribution in [0, 0.1) is 0 Å². The number of halogens is 1. The van der Waals surface area contributed by atoms with Crippen LogP contribution >= 0.6 is 0 Å². The first-order valence-corrected chi connectivity index (χ1v) is 16.7. The number of aromatic nitrogens is 1. The van der Waals surface area contributed by atoms with Gasteiger partial charge in [0.2, 0.25) is 19.7 Å². The van der Waals surface area contributed by atoms with Gasteiger partial charge in [-0.3, -0.25) is 0 Å². The Hall–Kier alpha value is -4.73. The average molecular weight is 626 g/mol. The molecule has 222 valence electrons. The zero-order chi connectivity index (χ0) is 31.0. The quantitative estimate of drug-likeness (QED) is 0.179. The Bertz CT molecular complexity index is 2060. The maximum atomic E-state index is 18.8. The molecule has 0 bridgehead atoms. The summed E-state index contributed by atoms with van der Waals surface area (Å²) in [6, 6.07) is 36.0. The minimum Gasteiger partial charge on any atom is -0.497 e. The first-order chi connectivity index (χ1) is 21.2. The van der Waals surface area contributed by atoms with E-state index in [9.17, 15) is 16.8 Å². The van der Waals surface area contributed by atoms with Crippen molar-refractivity contribution in [1.82, 2.24) is 4.98 Å². The van der Waals surface area contributed by atoms with Gasteiger partial charge in [-0.2, -0.15) is 0 Å². The maximum absolute atomic E-state index is 18.8. The van der Waals surface area contributed by atoms with Crippen molar-refractivity contribution in [3.63, 3.8) is 0 Å². The number of hydrogen-bond acceptors (Lipinski definition) is 5. The van der Waals surface area contributed by atoms with E-state index < -0.39 is 39.7 Å². The average Bonchev–Trinajstić information content (AvgIpc) is 3.45. The molecule has 0 fully saturated rings. The summed E-state index contributed by atoms with van der Waals surface area (Å²) in [4.78, 5) is 2.41. The van der Waals surface area contributed by atoms with Gasteiger partial charge in [-0.15, -0.1) is 0 Å². The number of H-pyrrole nitrogens is 1. The van der Waals surface area contributed by atoms with Crippen LogP contribution in [0.3, 0.4) is 0 Å². The Balaban J connectivity index is 1.80. The summed E-state index contributed by atoms with van der Waals surface area (Å²) in [5.74, 6) is -1.41. The number of methoxy groups -OCH3 is 1. The third kappa shape index (κ3) is 4.69. The van der Waals surface area contributed by atoms with Crippen molar-refractivity contribution in [2.75, 3.05) is 7.11 Å². The molecule has 0 radical (unpaired) electrons. The van der Waals surface area contributed by atoms with E-state index >= 15 is 4.39 Å². The molecular weight excluding hydrogens is 598 g/mol. The third-order valence-electron chi connectivity index (χ3n) is 7.73. The van der Waals surface area contributed by atoms with E-state index in [4.69, 9.17) is 4.74 Å². The summed E-state index contributed by atoms with van der Waals surface area (Å²) < 4.78 is 79.0. The number of alkyl halides is 1. The van der Waals surface area contributed by atoms with E-state index in [-0.39, 0.29) is 11.1 Å². The van der Waals surface area contributed by atoms with Crippen LogP contribution < -0.4 is 4.74 Å². The molecule has 0 spiro atoms. The number of hydrogen-bond donors (Lipinski definition) is 1. The number of ether oxygens (including phenoxy) is 1. The SMILES string of the molecule is COc1ccc(C(c2c(-c3ccccc3)[nH]c3ccccc23)C(F)(S(=O)(=O)c2ccccc2)S(=O)(=O)c2ccccc2)cc1. The minimum atomic E-state index is -5.26. The Morgan fingerprint density at radius 3 is 1.64 bits per heavy atom. The zero-order valence-corrected chi connectivity index (χ0v) is 25.2. The van der Waals surface area contributed by atoms with Crippen LogP contribution in [0.5, 0.6) is 5.75 Å². The molecule has 44 heavy (non-hydrogen) atoms. The Morgan fingerprint density at radius 2 is 1.11 bits per heavy atom. The highest BCUT2D eigenvalue weighted by atomic mass is 32.3. The molecule has 0 saturated heterocycles. The molecule has 9 heteroatoms. The fourth-order valence-corrected chi connectivity index (χ4v) is 10.1. The summed E-state index contributed by atoms with van der Waals surface area (Å²) in [6.07, 6.45) is 0. The van der Waals surface area contributed by atoms with E-state index in [1.165, 1.54) is 67.8 Å². The number of rotatable bonds is 9. The first kappa shape index (κ1) is 29.3. The molecular formula is C35H28FNO5S2. The van der Waals surface area contributed by atoms with Gasteiger partial charge in [-0.1, -0.05) is 97.1 Å². The number of fused-ring (bicyclic) bond motifs is 1. The molecule has 1 heterocycles. The Morgan fingerprint density at radius 1 is 0.636 bits per heavy atom. The van der Waals surface area contributed by atoms with Crippen molar-refractivity contribution in [3.05, 3.63) is 151 Å². The van der Waals surface area contributed by atoms with Crippen molar-refractivity contribution in [3.8, 4) is 17.0 Å². The largest absolute Gasteiger partial charge is 0.497 e. The lowest BCUT2D eigenvalue weighted by Crippen LogP contribution is -2.48. The van der Waals surface area contributed by atoms with Gasteiger partial charge in [0.1, 0.15) is 5.75 Å². The van der Waals surface area contributed by atoms with Gasteiger partial charge in [0.05, 0.1) is 28.5 Å². The van der Waals surface area contributed by atoms with E-state index in [2.05, 4.69) is 4.98 Å². The second-order valence-corrected chi connectivity index (χ2v) is 14.7. The summed E-state index contributed by atoms with van der Waals surface area (Å²) in [5.41, 5.74) is 1.96. The zero-order valence-electron chi connectivity index (χ0n) is 23.6. The van der Waals surface area contributed by atoms with Crippen molar-refractivity contribution in [2.24, 2.45) is 0 Å². The first-order valence-electron chi connectivity index (χ1n) is 13.8. The second-order valence-electron chi connectivity index (χ2n) is 10.2. The van der Waals surface area contributed by atoms with Crippen LogP contribution in [-0.2, 0) is 19.7 Å². The summed E-state index contributed by atoms with van der Waals surface area (Å²) in [6.45, 7) is 0. The lowest BCUT2D eigenvalue weighted by molar-refractivity contribution is 0.328. The van der Waals surface area contributed by atoms with Crippen LogP contribution in [0.2, 0.25) is 0 Å². The molecule has 6 aromatic rings. The summed E-state index contributed by atoms with van der Waals surface area (Å²) in [7, 11) is -9.05. The maximum Gasteiger partial charge on any atom is 0.328 e. The van der Waals surface area contributed by atoms with Gasteiger partial charge in [0, 0.05) is 10.9 Å². The van der Waals surface area contributed by atoms with Gasteiger partial charge in [0.15, 0.2) is 0 Å². The standard InChI is InChI=1S/C35H28FNO5S2/c1-42-27-23-21-25(22-24-27)33(32-30-19-11-12-20-31(30)37-34(32)26-13-5-2-6-14-26)35(36,43(38,39)28-15-7-3-8-16-28)44(40,41)29-17-9-4-10-18-29/h2-24,33,37H,1H3. The number of nitrogens with one attached hydrogen (secondary N) is 1. The molecule has 6 nitrogen and oxygen atoms in total. The molecule has 1 unspecified atom stereocenters. The van der Waals surface area contributed by atoms with Crippen LogP contribution in [-0.4, -0.2) is 33.3 Å². The molecule has 5 aromatic carbocycles. The highest BCUT2D eigenvalue weighted by Crippen LogP contribution is 2.53. The van der Waals surface area contributed by atoms with Crippen LogP contribution in [0.4, 0.5) is 4.39 Å². The van der Waals surface area contributed by atoms with Gasteiger partial charge >= 0.3 is 4.33 Å². The molecule has 0 saturated carbocycles. The van der Waals surface area contributed by atoms with Crippen LogP contribution in [0.1, 0.15) is 17.0 Å². The number of benzene rings is 5. The van der Waals surface area contributed by atoms with E-state index in [1.54, 1.807) is 72.8 Å². The highest BCUT2D eigenvalue weighted by molar-refractivity contribution is 8.10. The molecule has 6 rings (SSSR count). The third-order valence-corrected chi connectivity index (χ3v) is 12.8. The van der Waals surface area contributed by atoms with Crippen LogP contribution in [0.25, 0.3) is 22.2 Å². The molecule has 1 aromatic heterocycles. The topological polar surface area (TPSA) is 93.3 Å². The summed E-state index contributed by atoms with van der Waals surface area (Å²) >= 11 is 0. The fraction of sp³-hybridized carbons (Fsp3) is 0.0857. The second kappa shape index (κ2) is 11.4. The fourth-order valence-electron chi connectivity index (χ4n) is 5.61. The number of aromatic amines is 1. The van der Waals surface area contributed by atoms with E-state index in [0.717, 1.165) is 0 Å². The molecule has 1 N–H and O–H groups in total. The van der Waals surface area contributed by atoms with Gasteiger partial charge in [-0.05, 0) is 59.2 Å². The van der Waals surface area contributed by atoms with E-state index in [0.29, 0.717) is 27.9 Å². The van der Waals surface area contributed by atoms with Gasteiger partial charge in [-0.25, -0.2) is 21.2 Å². The van der Waals surface area contributed by atoms with Gasteiger partial charge < -0.3 is 9.72 Å². The smallest absolute Gasteiger partial charge is 0.328 e. The lowest BCUT2D eigenvalue weighted by Gasteiger charge is -2.34. The minimum absolute atomic E-state index is 0.134. The molecule has 0 aliphatic rings. The lowest BCUT2D eigenvalue weighted by atomic mass is 9.88. The van der Waals surface area contributed by atoms with Crippen molar-refractivity contribution < 1.29 is 26.0 Å². The highest BCUT2D eigenvalue weighted by Gasteiger charge is 2.64. The van der Waals surface area contributed by atoms with Crippen molar-refractivity contribution >= 4 is 30.6 Å². The molecule has 0 amide bonds. The number of para-hydroxylation sites is 1. The summed E-state index contributed by atoms with van der Waals surface area (Å²) in [5, 5.41) is 0.487. The normalized spacial score (nSPS) is 13.0. The Kier molecular flexibility index (Phi) is 7.61. The predicted molar refractivity (Wildman–Crippen MR) is 170 cm³/mol. The van der Waals surface area contributed by atoms with Crippen LogP contribution in [0.15, 0.2) is 149 Å². The predicted octanol–water partition coefficient (Wildman–Crippen LogP) is 7.55. The van der Waals surface area contributed by atoms with Gasteiger partial charge in [0.25, 0.3) is 0 Å². The molecule has 0 aliphatic heterocycles.